The normalized spacial score (nSPS) is 18.4. The van der Waals surface area contributed by atoms with E-state index in [4.69, 9.17) is 0 Å². The fourth-order valence-electron chi connectivity index (χ4n) is 5.29. The molecule has 0 bridgehead atoms. The lowest BCUT2D eigenvalue weighted by atomic mass is 9.94. The van der Waals surface area contributed by atoms with Gasteiger partial charge in [0.05, 0.1) is 0 Å². The largest absolute Gasteiger partial charge is 0.326 e. The second-order valence-electron chi connectivity index (χ2n) is 9.17. The van der Waals surface area contributed by atoms with E-state index in [0.717, 1.165) is 53.9 Å². The molecule has 0 N–H and O–H groups in total. The van der Waals surface area contributed by atoms with Crippen molar-refractivity contribution >= 4 is 36.5 Å². The summed E-state index contributed by atoms with van der Waals surface area (Å²) in [5.74, 6) is 0.648. The van der Waals surface area contributed by atoms with Crippen LogP contribution in [0.1, 0.15) is 49.5 Å². The van der Waals surface area contributed by atoms with Crippen molar-refractivity contribution in [2.45, 2.75) is 57.7 Å². The molecule has 7 heteroatoms. The van der Waals surface area contributed by atoms with Crippen molar-refractivity contribution in [3.63, 3.8) is 0 Å². The van der Waals surface area contributed by atoms with Crippen LogP contribution in [-0.4, -0.2) is 35.3 Å². The van der Waals surface area contributed by atoms with Gasteiger partial charge < -0.3 is 9.47 Å². The van der Waals surface area contributed by atoms with E-state index in [9.17, 15) is 9.59 Å². The van der Waals surface area contributed by atoms with Gasteiger partial charge in [0.2, 0.25) is 5.91 Å². The fourth-order valence-corrected chi connectivity index (χ4v) is 5.29. The summed E-state index contributed by atoms with van der Waals surface area (Å²) < 4.78 is 1.83. The standard InChI is InChI=1S/C26H29BN4O2/c1-18-28-14-15-29(18)17-24(32)31(21-11-7-8-19(27)16-21)25-22-12-5-6-13-23(22)30(26(25)33)20-9-3-2-4-10-20/h5-8,11-16,20,25H,2-4,9-10,17,27H2,1H3. The first kappa shape index (κ1) is 21.5. The highest BCUT2D eigenvalue weighted by Gasteiger charge is 2.45. The maximum absolute atomic E-state index is 14.0. The molecule has 1 aliphatic carbocycles. The lowest BCUT2D eigenvalue weighted by molar-refractivity contribution is -0.125. The minimum Gasteiger partial charge on any atom is -0.326 e. The molecule has 1 atom stereocenters. The van der Waals surface area contributed by atoms with Crippen molar-refractivity contribution in [3.05, 3.63) is 72.3 Å². The van der Waals surface area contributed by atoms with E-state index >= 15 is 0 Å². The smallest absolute Gasteiger partial charge is 0.255 e. The Morgan fingerprint density at radius 2 is 1.91 bits per heavy atom. The fraction of sp³-hybridized carbons (Fsp3) is 0.346. The number of carbonyl (C=O) groups excluding carboxylic acids is 2. The van der Waals surface area contributed by atoms with Crippen LogP contribution in [0.3, 0.4) is 0 Å². The molecule has 0 saturated heterocycles. The number of hydrogen-bond donors (Lipinski definition) is 0. The van der Waals surface area contributed by atoms with Gasteiger partial charge in [-0.15, -0.1) is 0 Å². The molecule has 1 aliphatic heterocycles. The second-order valence-corrected chi connectivity index (χ2v) is 9.17. The lowest BCUT2D eigenvalue weighted by Crippen LogP contribution is -2.46. The number of carbonyl (C=O) groups is 2. The Balaban J connectivity index is 1.58. The first-order valence-electron chi connectivity index (χ1n) is 11.8. The highest BCUT2D eigenvalue weighted by Crippen LogP contribution is 2.44. The molecular formula is C26H29BN4O2. The zero-order chi connectivity index (χ0) is 22.9. The van der Waals surface area contributed by atoms with Crippen molar-refractivity contribution in [2.75, 3.05) is 9.80 Å². The number of benzene rings is 2. The summed E-state index contributed by atoms with van der Waals surface area (Å²) in [7, 11) is 2.00. The van der Waals surface area contributed by atoms with Gasteiger partial charge in [0.15, 0.2) is 0 Å². The van der Waals surface area contributed by atoms with Gasteiger partial charge in [-0.05, 0) is 38.0 Å². The van der Waals surface area contributed by atoms with Crippen LogP contribution in [0.5, 0.6) is 0 Å². The van der Waals surface area contributed by atoms with E-state index in [1.807, 2.05) is 72.8 Å². The quantitative estimate of drug-likeness (QED) is 0.574. The van der Waals surface area contributed by atoms with Crippen molar-refractivity contribution in [3.8, 4) is 0 Å². The molecule has 2 aliphatic rings. The second kappa shape index (κ2) is 8.89. The Kier molecular flexibility index (Phi) is 5.79. The predicted molar refractivity (Wildman–Crippen MR) is 133 cm³/mol. The summed E-state index contributed by atoms with van der Waals surface area (Å²) in [4.78, 5) is 35.8. The van der Waals surface area contributed by atoms with Gasteiger partial charge in [0, 0.05) is 35.4 Å². The van der Waals surface area contributed by atoms with Crippen molar-refractivity contribution in [1.82, 2.24) is 9.55 Å². The molecule has 2 heterocycles. The van der Waals surface area contributed by atoms with Crippen LogP contribution >= 0.6 is 0 Å². The Labute approximate surface area is 195 Å². The maximum Gasteiger partial charge on any atom is 0.255 e. The third kappa shape index (κ3) is 3.97. The molecule has 0 spiro atoms. The zero-order valence-electron chi connectivity index (χ0n) is 19.3. The molecular weight excluding hydrogens is 411 g/mol. The Hall–Kier alpha value is -3.35. The number of para-hydroxylation sites is 1. The topological polar surface area (TPSA) is 58.4 Å². The molecule has 1 unspecified atom stereocenters. The van der Waals surface area contributed by atoms with Crippen molar-refractivity contribution in [2.24, 2.45) is 0 Å². The third-order valence-corrected chi connectivity index (χ3v) is 6.94. The van der Waals surface area contributed by atoms with Crippen LogP contribution in [0, 0.1) is 6.92 Å². The van der Waals surface area contributed by atoms with Gasteiger partial charge in [-0.2, -0.15) is 0 Å². The van der Waals surface area contributed by atoms with E-state index in [1.54, 1.807) is 17.3 Å². The van der Waals surface area contributed by atoms with Crippen LogP contribution < -0.4 is 15.3 Å². The van der Waals surface area contributed by atoms with Crippen LogP contribution in [0.4, 0.5) is 11.4 Å². The minimum atomic E-state index is -0.666. The Morgan fingerprint density at radius 3 is 2.64 bits per heavy atom. The van der Waals surface area contributed by atoms with E-state index in [0.29, 0.717) is 0 Å². The van der Waals surface area contributed by atoms with Crippen molar-refractivity contribution in [1.29, 1.82) is 0 Å². The highest BCUT2D eigenvalue weighted by molar-refractivity contribution is 6.32. The van der Waals surface area contributed by atoms with E-state index in [2.05, 4.69) is 4.98 Å². The molecule has 1 fully saturated rings. The monoisotopic (exact) mass is 440 g/mol. The number of aromatic nitrogens is 2. The Bertz CT molecular complexity index is 1180. The number of imidazole rings is 1. The summed E-state index contributed by atoms with van der Waals surface area (Å²) in [5.41, 5.74) is 3.65. The molecule has 5 rings (SSSR count). The van der Waals surface area contributed by atoms with Crippen LogP contribution in [-0.2, 0) is 16.1 Å². The molecule has 0 radical (unpaired) electrons. The maximum atomic E-state index is 14.0. The summed E-state index contributed by atoms with van der Waals surface area (Å²) in [6, 6.07) is 15.4. The van der Waals surface area contributed by atoms with Gasteiger partial charge in [0.25, 0.3) is 5.91 Å². The summed E-state index contributed by atoms with van der Waals surface area (Å²) in [5, 5.41) is 0. The van der Waals surface area contributed by atoms with Gasteiger partial charge in [0.1, 0.15) is 26.3 Å². The first-order valence-corrected chi connectivity index (χ1v) is 11.8. The summed E-state index contributed by atoms with van der Waals surface area (Å²) in [6.45, 7) is 2.01. The van der Waals surface area contributed by atoms with Crippen molar-refractivity contribution < 1.29 is 9.59 Å². The van der Waals surface area contributed by atoms with E-state index in [1.165, 1.54) is 6.42 Å². The molecule has 2 amide bonds. The number of rotatable bonds is 5. The number of nitrogens with zero attached hydrogens (tertiary/aromatic N) is 4. The van der Waals surface area contributed by atoms with Crippen LogP contribution in [0.2, 0.25) is 0 Å². The van der Waals surface area contributed by atoms with Gasteiger partial charge in [-0.25, -0.2) is 4.98 Å². The van der Waals surface area contributed by atoms with Gasteiger partial charge >= 0.3 is 0 Å². The molecule has 1 aromatic heterocycles. The minimum absolute atomic E-state index is 0.000286. The lowest BCUT2D eigenvalue weighted by Gasteiger charge is -2.33. The molecule has 6 nitrogen and oxygen atoms in total. The van der Waals surface area contributed by atoms with Gasteiger partial charge in [-0.1, -0.05) is 55.1 Å². The highest BCUT2D eigenvalue weighted by atomic mass is 16.2. The molecule has 33 heavy (non-hydrogen) atoms. The average Bonchev–Trinajstić information content (AvgIpc) is 3.35. The SMILES string of the molecule is Bc1cccc(N(C(=O)Cn2ccnc2C)C2C(=O)N(C3CCCCC3)c3ccccc32)c1. The van der Waals surface area contributed by atoms with E-state index in [-0.39, 0.29) is 24.4 Å². The summed E-state index contributed by atoms with van der Waals surface area (Å²) >= 11 is 0. The molecule has 2 aromatic carbocycles. The molecule has 1 saturated carbocycles. The summed E-state index contributed by atoms with van der Waals surface area (Å²) in [6.07, 6.45) is 9.03. The third-order valence-electron chi connectivity index (χ3n) is 6.94. The zero-order valence-corrected chi connectivity index (χ0v) is 19.3. The molecule has 3 aromatic rings. The Morgan fingerprint density at radius 1 is 1.12 bits per heavy atom. The number of fused-ring (bicyclic) bond motifs is 1. The first-order chi connectivity index (χ1) is 16.0. The van der Waals surface area contributed by atoms with Crippen LogP contribution in [0.15, 0.2) is 60.9 Å². The number of anilines is 2. The molecule has 168 valence electrons. The number of aryl methyl sites for hydroxylation is 1. The average molecular weight is 440 g/mol. The predicted octanol–water partition coefficient (Wildman–Crippen LogP) is 2.90. The van der Waals surface area contributed by atoms with Gasteiger partial charge in [-0.3, -0.25) is 14.5 Å². The van der Waals surface area contributed by atoms with E-state index < -0.39 is 6.04 Å². The van der Waals surface area contributed by atoms with Crippen LogP contribution in [0.25, 0.3) is 0 Å². The number of amides is 2. The number of hydrogen-bond acceptors (Lipinski definition) is 3.